The number of nitrogens with one attached hydrogen (secondary N) is 4. The van der Waals surface area contributed by atoms with E-state index in [0.29, 0.717) is 0 Å². The molecule has 0 spiro atoms. The lowest BCUT2D eigenvalue weighted by molar-refractivity contribution is -0.397. The molecular weight excluding hydrogens is 1370 g/mol. The van der Waals surface area contributed by atoms with E-state index in [1.165, 1.54) is 6.92 Å². The van der Waals surface area contributed by atoms with Crippen LogP contribution in [0.25, 0.3) is 0 Å². The molecule has 44 heteroatoms. The molecule has 40 atom stereocenters. The fourth-order valence-electron chi connectivity index (χ4n) is 12.9. The summed E-state index contributed by atoms with van der Waals surface area (Å²) in [6.45, 7) is -2.22. The van der Waals surface area contributed by atoms with Gasteiger partial charge in [-0.15, -0.1) is 0 Å². The predicted molar refractivity (Wildman–Crippen MR) is 309 cm³/mol. The summed E-state index contributed by atoms with van der Waals surface area (Å²) in [5.74, 6) is -3.45. The van der Waals surface area contributed by atoms with Crippen LogP contribution in [0.15, 0.2) is 0 Å². The molecule has 0 saturated carbocycles. The maximum atomic E-state index is 13.1. The number of carbonyl (C=O) groups is 4. The predicted octanol–water partition coefficient (Wildman–Crippen LogP) is -16.8. The maximum Gasteiger partial charge on any atom is 0.217 e. The van der Waals surface area contributed by atoms with Gasteiger partial charge in [-0.1, -0.05) is 0 Å². The van der Waals surface area contributed by atoms with E-state index in [-0.39, 0.29) is 0 Å². The minimum absolute atomic E-state index is 0.822. The lowest BCUT2D eigenvalue weighted by atomic mass is 9.93. The summed E-state index contributed by atoms with van der Waals surface area (Å²) in [5, 5.41) is 242. The van der Waals surface area contributed by atoms with Gasteiger partial charge in [0.25, 0.3) is 0 Å². The summed E-state index contributed by atoms with van der Waals surface area (Å²) < 4.78 is 89.4. The van der Waals surface area contributed by atoms with E-state index in [1.807, 2.05) is 0 Å². The molecular formula is C56H94N4O40. The molecule has 0 aliphatic carbocycles. The normalized spacial score (nSPS) is 48.7. The maximum absolute atomic E-state index is 13.1. The smallest absolute Gasteiger partial charge is 0.217 e. The van der Waals surface area contributed by atoms with Crippen molar-refractivity contribution in [2.75, 3.05) is 46.2 Å². The van der Waals surface area contributed by atoms with Crippen LogP contribution in [0.3, 0.4) is 0 Å². The quantitative estimate of drug-likeness (QED) is 0.0404. The van der Waals surface area contributed by atoms with Gasteiger partial charge in [-0.25, -0.2) is 0 Å². The number of aliphatic hydroxyl groups excluding tert-OH is 21. The molecule has 8 aliphatic heterocycles. The van der Waals surface area contributed by atoms with Crippen molar-refractivity contribution in [3.8, 4) is 0 Å². The minimum atomic E-state index is -2.51. The molecule has 0 radical (unpaired) electrons. The van der Waals surface area contributed by atoms with Crippen LogP contribution in [0.5, 0.6) is 0 Å². The van der Waals surface area contributed by atoms with Crippen LogP contribution in [0.4, 0.5) is 0 Å². The van der Waals surface area contributed by atoms with Gasteiger partial charge in [-0.3, -0.25) is 19.2 Å². The molecule has 8 fully saturated rings. The number of ether oxygens (including phenoxy) is 15. The van der Waals surface area contributed by atoms with Crippen molar-refractivity contribution in [1.29, 1.82) is 0 Å². The summed E-state index contributed by atoms with van der Waals surface area (Å²) in [7, 11) is 0. The van der Waals surface area contributed by atoms with Crippen LogP contribution in [0.1, 0.15) is 34.6 Å². The highest BCUT2D eigenvalue weighted by Crippen LogP contribution is 2.39. The Labute approximate surface area is 567 Å². The standard InChI is InChI=1S/C56H94N4O40/c1-13-29(71)38(80)41(83)53(87-13)97-45-28(60-17(5)70)49(85)88-23(11-66)44(45)96-52-27(59-16(4)69)37(79)43(22(10-65)93-52)95-54-42(84)46(98-56-48(40(82)33(75)21(9-64)92-56)100-51-26(58-15(3)68)36(78)31(73)19(7-62)90-51)34(76)24(94-54)12-86-55-47(39(81)32(74)20(8-63)91-55)99-50-25(57-14(2)67)35(77)30(72)18(6-61)89-50/h13,18-56,61-66,71-85H,6-12H2,1-5H3,(H,57,67)(H,58,68)(H,59,69)(H,60,70)/t13-,18+,19+,20+,21+,22+,23+,24+,25+,26+,27+,28+,29+,30+,31+,32+,33+,34+,35+,36+,37+,38+,39-,40-,41-,42-,43+,44+,45+,46-,47-,48-,49+,50-,51-,52-,53-,54-,55-,56+/m0/s1. The number of aliphatic hydroxyl groups is 21. The number of hydrogen-bond donors (Lipinski definition) is 25. The first-order chi connectivity index (χ1) is 47.2. The third-order valence-electron chi connectivity index (χ3n) is 18.2. The van der Waals surface area contributed by atoms with Crippen LogP contribution >= 0.6 is 0 Å². The van der Waals surface area contributed by atoms with Crippen molar-refractivity contribution in [2.24, 2.45) is 0 Å². The Kier molecular flexibility index (Phi) is 29.3. The van der Waals surface area contributed by atoms with E-state index >= 15 is 0 Å². The Hall–Kier alpha value is -3.56. The second kappa shape index (κ2) is 35.7. The molecule has 0 unspecified atom stereocenters. The Morgan fingerprint density at radius 2 is 0.620 bits per heavy atom. The SMILES string of the molecule is CC(=O)N[C@@H]1[C@@H](O[C@@H]2O[C@@H](C)[C@@H](O)[C@@H](O)[C@@H]2O)[C@H](O[C@@H]2O[C@H](CO)[C@@H](O[C@@H]3O[C@H](CO[C@H]4O[C@H](CO)[C@@H](O)[C@H](O)[C@@H]4O[C@@H]4O[C@H](CO)[C@@H](O)[C@H](O)[C@H]4NC(C)=O)[C@@H](O)[C@H](O[C@H]4O[C@H](CO)[C@@H](O)[C@H](O)[C@@H]4O[C@@H]4O[C@H](CO)[C@@H](O)[C@H](O)[C@H]4NC(C)=O)[C@@H]3O)[C@H](O)[C@H]2NC(C)=O)[C@@H](CO)O[C@H]1O. The molecule has 8 heterocycles. The molecule has 578 valence electrons. The van der Waals surface area contributed by atoms with E-state index in [0.717, 1.165) is 27.7 Å². The average Bonchev–Trinajstić information content (AvgIpc) is 0.774. The zero-order valence-corrected chi connectivity index (χ0v) is 54.2. The van der Waals surface area contributed by atoms with E-state index < -0.39 is 315 Å². The molecule has 25 N–H and O–H groups in total. The monoisotopic (exact) mass is 1460 g/mol. The van der Waals surface area contributed by atoms with Crippen LogP contribution in [-0.4, -0.2) is 423 Å². The lowest BCUT2D eigenvalue weighted by Gasteiger charge is -2.51. The number of carbonyl (C=O) groups excluding carboxylic acids is 4. The molecule has 8 saturated heterocycles. The first-order valence-corrected chi connectivity index (χ1v) is 32.0. The van der Waals surface area contributed by atoms with Crippen molar-refractivity contribution in [3.63, 3.8) is 0 Å². The summed E-state index contributed by atoms with van der Waals surface area (Å²) in [4.78, 5) is 50.6. The highest BCUT2D eigenvalue weighted by atomic mass is 16.8. The van der Waals surface area contributed by atoms with Crippen LogP contribution in [0, 0.1) is 0 Å². The van der Waals surface area contributed by atoms with Gasteiger partial charge >= 0.3 is 0 Å². The van der Waals surface area contributed by atoms with Crippen molar-refractivity contribution in [2.45, 2.75) is 280 Å². The largest absolute Gasteiger partial charge is 0.394 e. The van der Waals surface area contributed by atoms with Crippen LogP contribution < -0.4 is 21.3 Å². The number of amides is 4. The fraction of sp³-hybridized carbons (Fsp3) is 0.929. The third-order valence-corrected chi connectivity index (χ3v) is 18.2. The first kappa shape index (κ1) is 82.1. The molecule has 0 bridgehead atoms. The van der Waals surface area contributed by atoms with E-state index in [2.05, 4.69) is 21.3 Å². The van der Waals surface area contributed by atoms with Crippen LogP contribution in [-0.2, 0) is 90.2 Å². The van der Waals surface area contributed by atoms with Gasteiger partial charge in [0.2, 0.25) is 23.6 Å². The van der Waals surface area contributed by atoms with Gasteiger partial charge in [0, 0.05) is 27.7 Å². The van der Waals surface area contributed by atoms with Crippen molar-refractivity contribution in [3.05, 3.63) is 0 Å². The first-order valence-electron chi connectivity index (χ1n) is 32.0. The van der Waals surface area contributed by atoms with Gasteiger partial charge in [-0.2, -0.15) is 0 Å². The minimum Gasteiger partial charge on any atom is -0.394 e. The lowest BCUT2D eigenvalue weighted by Crippen LogP contribution is -2.71. The van der Waals surface area contributed by atoms with Gasteiger partial charge in [-0.05, 0) is 6.92 Å². The Morgan fingerprint density at radius 1 is 0.280 bits per heavy atom. The zero-order valence-electron chi connectivity index (χ0n) is 54.2. The summed E-state index contributed by atoms with van der Waals surface area (Å²) >= 11 is 0. The highest BCUT2D eigenvalue weighted by molar-refractivity contribution is 5.74. The fourth-order valence-corrected chi connectivity index (χ4v) is 12.9. The zero-order chi connectivity index (χ0) is 73.8. The molecule has 4 amide bonds. The van der Waals surface area contributed by atoms with Gasteiger partial charge in [0.1, 0.15) is 189 Å². The topological polar surface area (TPSA) is 680 Å². The molecule has 0 aromatic heterocycles. The molecule has 0 aromatic carbocycles. The summed E-state index contributed by atoms with van der Waals surface area (Å²) in [6, 6.07) is -7.13. The van der Waals surface area contributed by atoms with Crippen molar-refractivity contribution >= 4 is 23.6 Å². The van der Waals surface area contributed by atoms with Gasteiger partial charge in [0.05, 0.1) is 52.4 Å². The van der Waals surface area contributed by atoms with Crippen LogP contribution in [0.2, 0.25) is 0 Å². The Balaban J connectivity index is 1.15. The Bertz CT molecular complexity index is 2620. The molecule has 44 nitrogen and oxygen atoms in total. The van der Waals surface area contributed by atoms with E-state index in [1.54, 1.807) is 0 Å². The molecule has 8 aliphatic rings. The molecule has 100 heavy (non-hydrogen) atoms. The van der Waals surface area contributed by atoms with E-state index in [4.69, 9.17) is 71.1 Å². The van der Waals surface area contributed by atoms with Crippen molar-refractivity contribution < 1.29 is 197 Å². The van der Waals surface area contributed by atoms with Crippen molar-refractivity contribution in [1.82, 2.24) is 21.3 Å². The number of hydrogen-bond acceptors (Lipinski definition) is 40. The number of rotatable bonds is 25. The molecule has 0 aromatic rings. The molecule has 8 rings (SSSR count). The summed E-state index contributed by atoms with van der Waals surface area (Å²) in [5.41, 5.74) is 0. The third kappa shape index (κ3) is 18.1. The van der Waals surface area contributed by atoms with Gasteiger partial charge in [0.15, 0.2) is 50.3 Å². The van der Waals surface area contributed by atoms with Gasteiger partial charge < -0.3 is 200 Å². The summed E-state index contributed by atoms with van der Waals surface area (Å²) in [6.07, 6.45) is -72.2. The average molecular weight is 1460 g/mol. The second-order valence-electron chi connectivity index (χ2n) is 25.3. The second-order valence-corrected chi connectivity index (χ2v) is 25.3. The Morgan fingerprint density at radius 3 is 1.08 bits per heavy atom. The van der Waals surface area contributed by atoms with E-state index in [9.17, 15) is 126 Å². The highest BCUT2D eigenvalue weighted by Gasteiger charge is 2.60.